The van der Waals surface area contributed by atoms with Crippen LogP contribution >= 0.6 is 0 Å². The smallest absolute Gasteiger partial charge is 0.414 e. The quantitative estimate of drug-likeness (QED) is 0.875. The number of carbonyl (C=O) groups is 2. The highest BCUT2D eigenvalue weighted by atomic mass is 19.1. The van der Waals surface area contributed by atoms with Crippen molar-refractivity contribution in [3.63, 3.8) is 0 Å². The number of amides is 2. The highest BCUT2D eigenvalue weighted by Crippen LogP contribution is 2.18. The highest BCUT2D eigenvalue weighted by Gasteiger charge is 2.23. The Morgan fingerprint density at radius 3 is 2.64 bits per heavy atom. The summed E-state index contributed by atoms with van der Waals surface area (Å²) in [6.07, 6.45) is -0.352. The largest absolute Gasteiger partial charge is 0.447 e. The van der Waals surface area contributed by atoms with Gasteiger partial charge in [0.2, 0.25) is 0 Å². The molecule has 2 aromatic rings. The van der Waals surface area contributed by atoms with Gasteiger partial charge in [-0.15, -0.1) is 0 Å². The van der Waals surface area contributed by atoms with E-state index in [0.29, 0.717) is 13.2 Å². The molecule has 0 unspecified atom stereocenters. The standard InChI is InChI=1S/C19H15FN2O3/c20-17-6-2-1-5-16(17)18(23)21-11-3-4-14-7-9-15(10-8-14)22-12-13-25-19(22)24/h1-2,5-10H,11-13H2,(H,21,23). The van der Waals surface area contributed by atoms with E-state index in [0.717, 1.165) is 11.3 Å². The zero-order chi connectivity index (χ0) is 17.6. The maximum absolute atomic E-state index is 13.5. The average molecular weight is 338 g/mol. The summed E-state index contributed by atoms with van der Waals surface area (Å²) in [5, 5.41) is 2.55. The fraction of sp³-hybridized carbons (Fsp3) is 0.158. The number of carbonyl (C=O) groups excluding carboxylic acids is 2. The highest BCUT2D eigenvalue weighted by molar-refractivity contribution is 5.94. The molecule has 0 saturated carbocycles. The molecule has 0 aromatic heterocycles. The predicted molar refractivity (Wildman–Crippen MR) is 90.7 cm³/mol. The van der Waals surface area contributed by atoms with Gasteiger partial charge in [0.15, 0.2) is 0 Å². The second-order valence-corrected chi connectivity index (χ2v) is 5.28. The van der Waals surface area contributed by atoms with E-state index in [1.807, 2.05) is 0 Å². The molecule has 5 nitrogen and oxygen atoms in total. The normalized spacial score (nSPS) is 13.0. The summed E-state index contributed by atoms with van der Waals surface area (Å²) in [6, 6.07) is 12.9. The number of rotatable bonds is 3. The lowest BCUT2D eigenvalue weighted by molar-refractivity contribution is 0.0954. The monoisotopic (exact) mass is 338 g/mol. The second kappa shape index (κ2) is 7.49. The molecule has 2 amide bonds. The van der Waals surface area contributed by atoms with Gasteiger partial charge in [-0.3, -0.25) is 9.69 Å². The van der Waals surface area contributed by atoms with Crippen LogP contribution in [0.1, 0.15) is 15.9 Å². The minimum atomic E-state index is -0.566. The van der Waals surface area contributed by atoms with Crippen LogP contribution in [-0.4, -0.2) is 31.7 Å². The second-order valence-electron chi connectivity index (χ2n) is 5.28. The van der Waals surface area contributed by atoms with Crippen LogP contribution in [0, 0.1) is 17.7 Å². The van der Waals surface area contributed by atoms with Crippen LogP contribution in [0.25, 0.3) is 0 Å². The van der Waals surface area contributed by atoms with Crippen molar-refractivity contribution in [1.82, 2.24) is 5.32 Å². The van der Waals surface area contributed by atoms with Crippen molar-refractivity contribution in [3.05, 3.63) is 65.5 Å². The Hall–Kier alpha value is -3.33. The van der Waals surface area contributed by atoms with Gasteiger partial charge >= 0.3 is 6.09 Å². The van der Waals surface area contributed by atoms with E-state index in [1.54, 1.807) is 35.2 Å². The number of benzene rings is 2. The van der Waals surface area contributed by atoms with Gasteiger partial charge in [-0.1, -0.05) is 24.0 Å². The molecule has 0 bridgehead atoms. The first-order valence-corrected chi connectivity index (χ1v) is 7.71. The Kier molecular flexibility index (Phi) is 4.95. The van der Waals surface area contributed by atoms with Crippen LogP contribution in [0.2, 0.25) is 0 Å². The van der Waals surface area contributed by atoms with E-state index in [2.05, 4.69) is 17.2 Å². The van der Waals surface area contributed by atoms with Crippen molar-refractivity contribution in [2.75, 3.05) is 24.6 Å². The van der Waals surface area contributed by atoms with E-state index in [4.69, 9.17) is 4.74 Å². The molecule has 126 valence electrons. The summed E-state index contributed by atoms with van der Waals surface area (Å²) < 4.78 is 18.4. The fourth-order valence-electron chi connectivity index (χ4n) is 2.36. The minimum absolute atomic E-state index is 0.00819. The zero-order valence-electron chi connectivity index (χ0n) is 13.3. The number of anilines is 1. The lowest BCUT2D eigenvalue weighted by atomic mass is 10.2. The molecular formula is C19H15FN2O3. The first-order chi connectivity index (χ1) is 12.1. The number of nitrogens with one attached hydrogen (secondary N) is 1. The Balaban J connectivity index is 1.56. The fourth-order valence-corrected chi connectivity index (χ4v) is 2.36. The van der Waals surface area contributed by atoms with E-state index < -0.39 is 11.7 Å². The first-order valence-electron chi connectivity index (χ1n) is 7.71. The topological polar surface area (TPSA) is 58.6 Å². The summed E-state index contributed by atoms with van der Waals surface area (Å²) in [6.45, 7) is 1.03. The molecule has 2 aromatic carbocycles. The zero-order valence-corrected chi connectivity index (χ0v) is 13.3. The molecule has 1 aliphatic heterocycles. The van der Waals surface area contributed by atoms with Gasteiger partial charge in [-0.05, 0) is 36.4 Å². The van der Waals surface area contributed by atoms with E-state index >= 15 is 0 Å². The molecule has 25 heavy (non-hydrogen) atoms. The van der Waals surface area contributed by atoms with Crippen molar-refractivity contribution in [3.8, 4) is 11.8 Å². The van der Waals surface area contributed by atoms with Gasteiger partial charge < -0.3 is 10.1 Å². The summed E-state index contributed by atoms with van der Waals surface area (Å²) >= 11 is 0. The van der Waals surface area contributed by atoms with Gasteiger partial charge in [0, 0.05) is 11.3 Å². The molecule has 0 radical (unpaired) electrons. The van der Waals surface area contributed by atoms with Crippen molar-refractivity contribution < 1.29 is 18.7 Å². The SMILES string of the molecule is O=C(NCC#Cc1ccc(N2CCOC2=O)cc1)c1ccccc1F. The maximum Gasteiger partial charge on any atom is 0.414 e. The molecule has 0 aliphatic carbocycles. The van der Waals surface area contributed by atoms with Crippen LogP contribution in [0.5, 0.6) is 0 Å². The van der Waals surface area contributed by atoms with Crippen molar-refractivity contribution in [1.29, 1.82) is 0 Å². The van der Waals surface area contributed by atoms with E-state index in [1.165, 1.54) is 18.2 Å². The van der Waals surface area contributed by atoms with Gasteiger partial charge in [-0.25, -0.2) is 9.18 Å². The number of ether oxygens (including phenoxy) is 1. The van der Waals surface area contributed by atoms with Crippen LogP contribution in [0.4, 0.5) is 14.9 Å². The molecule has 1 aliphatic rings. The van der Waals surface area contributed by atoms with Gasteiger partial charge in [0.25, 0.3) is 5.91 Å². The summed E-state index contributed by atoms with van der Waals surface area (Å²) in [4.78, 5) is 24.9. The Labute approximate surface area is 144 Å². The number of cyclic esters (lactones) is 1. The Morgan fingerprint density at radius 1 is 1.20 bits per heavy atom. The third-order valence-electron chi connectivity index (χ3n) is 3.63. The van der Waals surface area contributed by atoms with E-state index in [-0.39, 0.29) is 18.2 Å². The Morgan fingerprint density at radius 2 is 1.96 bits per heavy atom. The number of halogens is 1. The molecule has 3 rings (SSSR count). The lowest BCUT2D eigenvalue weighted by Gasteiger charge is -2.11. The number of hydrogen-bond acceptors (Lipinski definition) is 3. The van der Waals surface area contributed by atoms with Crippen molar-refractivity contribution in [2.24, 2.45) is 0 Å². The minimum Gasteiger partial charge on any atom is -0.447 e. The van der Waals surface area contributed by atoms with Crippen LogP contribution < -0.4 is 10.2 Å². The summed E-state index contributed by atoms with van der Waals surface area (Å²) in [5.74, 6) is 4.64. The Bertz CT molecular complexity index is 853. The van der Waals surface area contributed by atoms with Crippen LogP contribution in [0.15, 0.2) is 48.5 Å². The molecule has 1 heterocycles. The maximum atomic E-state index is 13.5. The van der Waals surface area contributed by atoms with Crippen molar-refractivity contribution >= 4 is 17.7 Å². The summed E-state index contributed by atoms with van der Waals surface area (Å²) in [5.41, 5.74) is 1.49. The number of hydrogen-bond donors (Lipinski definition) is 1. The third kappa shape index (κ3) is 3.96. The summed E-state index contributed by atoms with van der Waals surface area (Å²) in [7, 11) is 0. The molecular weight excluding hydrogens is 323 g/mol. The van der Waals surface area contributed by atoms with Gasteiger partial charge in [-0.2, -0.15) is 0 Å². The third-order valence-corrected chi connectivity index (χ3v) is 3.63. The van der Waals surface area contributed by atoms with Crippen LogP contribution in [-0.2, 0) is 4.74 Å². The van der Waals surface area contributed by atoms with Gasteiger partial charge in [0.05, 0.1) is 18.7 Å². The molecule has 1 N–H and O–H groups in total. The van der Waals surface area contributed by atoms with E-state index in [9.17, 15) is 14.0 Å². The lowest BCUT2D eigenvalue weighted by Crippen LogP contribution is -2.24. The van der Waals surface area contributed by atoms with Gasteiger partial charge in [0.1, 0.15) is 12.4 Å². The molecule has 0 atom stereocenters. The first kappa shape index (κ1) is 16.5. The number of nitrogens with zero attached hydrogens (tertiary/aromatic N) is 1. The average Bonchev–Trinajstić information content (AvgIpc) is 3.05. The van der Waals surface area contributed by atoms with Crippen LogP contribution in [0.3, 0.4) is 0 Å². The predicted octanol–water partition coefficient (Wildman–Crippen LogP) is 2.56. The molecule has 0 spiro atoms. The molecule has 1 saturated heterocycles. The molecule has 6 heteroatoms. The molecule has 1 fully saturated rings. The van der Waals surface area contributed by atoms with Crippen molar-refractivity contribution in [2.45, 2.75) is 0 Å².